The van der Waals surface area contributed by atoms with Gasteiger partial charge in [-0.2, -0.15) is 0 Å². The van der Waals surface area contributed by atoms with Gasteiger partial charge in [-0.05, 0) is 30.0 Å². The first-order valence-corrected chi connectivity index (χ1v) is 6.85. The summed E-state index contributed by atoms with van der Waals surface area (Å²) in [6.45, 7) is 8.33. The highest BCUT2D eigenvalue weighted by atomic mass is 127. The van der Waals surface area contributed by atoms with Crippen molar-refractivity contribution in [2.24, 2.45) is 16.6 Å². The van der Waals surface area contributed by atoms with Crippen LogP contribution in [0.3, 0.4) is 0 Å². The summed E-state index contributed by atoms with van der Waals surface area (Å²) >= 11 is 0. The molecule has 20 heavy (non-hydrogen) atoms. The molecule has 0 unspecified atom stereocenters. The number of hydrogen-bond acceptors (Lipinski definition) is 2. The van der Waals surface area contributed by atoms with Gasteiger partial charge >= 0.3 is 0 Å². The Balaban J connectivity index is 0.00000361. The van der Waals surface area contributed by atoms with Gasteiger partial charge < -0.3 is 15.8 Å². The summed E-state index contributed by atoms with van der Waals surface area (Å²) in [5, 5.41) is 3.09. The fourth-order valence-electron chi connectivity index (χ4n) is 1.61. The van der Waals surface area contributed by atoms with E-state index in [1.54, 1.807) is 0 Å². The summed E-state index contributed by atoms with van der Waals surface area (Å²) in [5.74, 6) is 0.984. The van der Waals surface area contributed by atoms with Gasteiger partial charge in [-0.25, -0.2) is 0 Å². The zero-order chi connectivity index (χ0) is 14.1. The minimum absolute atomic E-state index is 0. The molecule has 1 aromatic rings. The predicted octanol–water partition coefficient (Wildman–Crippen LogP) is 3.27. The number of hydrogen-bond donors (Lipinski definition) is 2. The van der Waals surface area contributed by atoms with Crippen LogP contribution in [0.5, 0.6) is 0 Å². The molecular weight excluding hydrogens is 365 g/mol. The number of rotatable bonds is 7. The third-order valence-electron chi connectivity index (χ3n) is 2.58. The summed E-state index contributed by atoms with van der Waals surface area (Å²) < 4.78 is 5.44. The molecule has 0 spiro atoms. The average molecular weight is 391 g/mol. The first kappa shape index (κ1) is 19.2. The maximum absolute atomic E-state index is 5.82. The zero-order valence-electron chi connectivity index (χ0n) is 12.6. The van der Waals surface area contributed by atoms with Gasteiger partial charge in [-0.1, -0.05) is 32.9 Å². The van der Waals surface area contributed by atoms with Crippen LogP contribution in [0.2, 0.25) is 0 Å². The van der Waals surface area contributed by atoms with Crippen molar-refractivity contribution >= 4 is 35.6 Å². The minimum Gasteiger partial charge on any atom is -0.379 e. The van der Waals surface area contributed by atoms with Gasteiger partial charge in [0.25, 0.3) is 0 Å². The van der Waals surface area contributed by atoms with E-state index in [0.29, 0.717) is 25.0 Å². The van der Waals surface area contributed by atoms with Crippen LogP contribution in [0.1, 0.15) is 26.3 Å². The molecule has 0 aromatic heterocycles. The number of guanidine groups is 1. The maximum atomic E-state index is 5.82. The highest BCUT2D eigenvalue weighted by molar-refractivity contribution is 14.0. The van der Waals surface area contributed by atoms with Crippen LogP contribution >= 0.6 is 24.0 Å². The van der Waals surface area contributed by atoms with Crippen LogP contribution in [0.25, 0.3) is 0 Å². The largest absolute Gasteiger partial charge is 0.379 e. The van der Waals surface area contributed by atoms with Crippen LogP contribution in [0.4, 0.5) is 5.69 Å². The van der Waals surface area contributed by atoms with E-state index in [9.17, 15) is 0 Å². The molecule has 1 rings (SSSR count). The molecule has 114 valence electrons. The summed E-state index contributed by atoms with van der Waals surface area (Å²) in [6.07, 6.45) is 1.01. The number of ether oxygens (including phenoxy) is 1. The molecule has 0 aliphatic carbocycles. The standard InChI is InChI=1S/C15H25N3O.HI/c1-4-13-6-5-7-14(10-13)18-15(16)17-8-9-19-11-12(2)3;/h5-7,10,12H,4,8-9,11H2,1-3H3,(H3,16,17,18);1H. The predicted molar refractivity (Wildman–Crippen MR) is 97.0 cm³/mol. The number of benzene rings is 1. The molecule has 0 amide bonds. The lowest BCUT2D eigenvalue weighted by atomic mass is 10.1. The number of anilines is 1. The Kier molecular flexibility index (Phi) is 10.5. The van der Waals surface area contributed by atoms with Crippen LogP contribution in [0.15, 0.2) is 29.3 Å². The average Bonchev–Trinajstić information content (AvgIpc) is 2.38. The molecule has 0 fully saturated rings. The van der Waals surface area contributed by atoms with E-state index in [-0.39, 0.29) is 24.0 Å². The molecule has 0 saturated carbocycles. The van der Waals surface area contributed by atoms with Crippen molar-refractivity contribution in [1.29, 1.82) is 0 Å². The van der Waals surface area contributed by atoms with E-state index in [4.69, 9.17) is 10.5 Å². The van der Waals surface area contributed by atoms with Crippen molar-refractivity contribution in [3.63, 3.8) is 0 Å². The van der Waals surface area contributed by atoms with Crippen molar-refractivity contribution < 1.29 is 4.74 Å². The van der Waals surface area contributed by atoms with E-state index in [0.717, 1.165) is 18.7 Å². The molecule has 1 aromatic carbocycles. The lowest BCUT2D eigenvalue weighted by molar-refractivity contribution is 0.117. The van der Waals surface area contributed by atoms with Crippen molar-refractivity contribution in [1.82, 2.24) is 0 Å². The molecule has 0 aliphatic heterocycles. The molecule has 0 aliphatic rings. The van der Waals surface area contributed by atoms with Gasteiger partial charge in [-0.3, -0.25) is 4.99 Å². The van der Waals surface area contributed by atoms with Gasteiger partial charge in [0.15, 0.2) is 5.96 Å². The Morgan fingerprint density at radius 2 is 2.15 bits per heavy atom. The number of nitrogens with two attached hydrogens (primary N) is 1. The summed E-state index contributed by atoms with van der Waals surface area (Å²) in [7, 11) is 0. The number of nitrogens with zero attached hydrogens (tertiary/aromatic N) is 1. The topological polar surface area (TPSA) is 59.6 Å². The number of aryl methyl sites for hydroxylation is 1. The molecular formula is C15H26IN3O. The normalized spacial score (nSPS) is 11.3. The quantitative estimate of drug-likeness (QED) is 0.325. The third kappa shape index (κ3) is 8.37. The first-order valence-electron chi connectivity index (χ1n) is 6.85. The fourth-order valence-corrected chi connectivity index (χ4v) is 1.61. The lowest BCUT2D eigenvalue weighted by Crippen LogP contribution is -2.23. The van der Waals surface area contributed by atoms with Gasteiger partial charge in [0.2, 0.25) is 0 Å². The van der Waals surface area contributed by atoms with Gasteiger partial charge in [-0.15, -0.1) is 24.0 Å². The van der Waals surface area contributed by atoms with Gasteiger partial charge in [0.05, 0.1) is 13.2 Å². The highest BCUT2D eigenvalue weighted by Crippen LogP contribution is 2.10. The van der Waals surface area contributed by atoms with E-state index in [1.807, 2.05) is 12.1 Å². The Bertz CT molecular complexity index is 408. The summed E-state index contributed by atoms with van der Waals surface area (Å²) in [4.78, 5) is 4.23. The molecule has 3 N–H and O–H groups in total. The van der Waals surface area contributed by atoms with Gasteiger partial charge in [0.1, 0.15) is 0 Å². The minimum atomic E-state index is 0. The van der Waals surface area contributed by atoms with Crippen LogP contribution in [-0.4, -0.2) is 25.7 Å². The monoisotopic (exact) mass is 391 g/mol. The second kappa shape index (κ2) is 10.9. The molecule has 4 nitrogen and oxygen atoms in total. The SMILES string of the molecule is CCc1cccc(NC(N)=NCCOCC(C)C)c1.I. The Hall–Kier alpha value is -0.820. The number of halogens is 1. The second-order valence-electron chi connectivity index (χ2n) is 4.91. The van der Waals surface area contributed by atoms with Gasteiger partial charge in [0, 0.05) is 12.3 Å². The molecule has 0 heterocycles. The van der Waals surface area contributed by atoms with E-state index in [1.165, 1.54) is 5.56 Å². The van der Waals surface area contributed by atoms with Crippen molar-refractivity contribution in [2.45, 2.75) is 27.2 Å². The van der Waals surface area contributed by atoms with Crippen LogP contribution in [0, 0.1) is 5.92 Å². The molecule has 0 bridgehead atoms. The van der Waals surface area contributed by atoms with E-state index in [2.05, 4.69) is 43.2 Å². The summed E-state index contributed by atoms with van der Waals surface area (Å²) in [6, 6.07) is 8.17. The Morgan fingerprint density at radius 3 is 2.80 bits per heavy atom. The molecule has 0 atom stereocenters. The van der Waals surface area contributed by atoms with E-state index >= 15 is 0 Å². The van der Waals surface area contributed by atoms with Crippen LogP contribution in [-0.2, 0) is 11.2 Å². The number of aliphatic imine (C=N–C) groups is 1. The third-order valence-corrected chi connectivity index (χ3v) is 2.58. The molecule has 0 saturated heterocycles. The number of nitrogens with one attached hydrogen (secondary N) is 1. The maximum Gasteiger partial charge on any atom is 0.193 e. The highest BCUT2D eigenvalue weighted by Gasteiger charge is 1.97. The Labute approximate surface area is 139 Å². The Morgan fingerprint density at radius 1 is 1.40 bits per heavy atom. The second-order valence-corrected chi connectivity index (χ2v) is 4.91. The lowest BCUT2D eigenvalue weighted by Gasteiger charge is -2.08. The molecule has 5 heteroatoms. The summed E-state index contributed by atoms with van der Waals surface area (Å²) in [5.41, 5.74) is 8.07. The first-order chi connectivity index (χ1) is 9.11. The smallest absolute Gasteiger partial charge is 0.193 e. The van der Waals surface area contributed by atoms with Crippen molar-refractivity contribution in [2.75, 3.05) is 25.1 Å². The molecule has 0 radical (unpaired) electrons. The van der Waals surface area contributed by atoms with Crippen molar-refractivity contribution in [3.8, 4) is 0 Å². The van der Waals surface area contributed by atoms with Crippen LogP contribution < -0.4 is 11.1 Å². The van der Waals surface area contributed by atoms with E-state index < -0.39 is 0 Å². The van der Waals surface area contributed by atoms with Crippen molar-refractivity contribution in [3.05, 3.63) is 29.8 Å². The zero-order valence-corrected chi connectivity index (χ0v) is 14.9. The fraction of sp³-hybridized carbons (Fsp3) is 0.533.